The van der Waals surface area contributed by atoms with E-state index in [9.17, 15) is 19.7 Å². The predicted octanol–water partition coefficient (Wildman–Crippen LogP) is 4.08. The summed E-state index contributed by atoms with van der Waals surface area (Å²) < 4.78 is 5.70. The topological polar surface area (TPSA) is 109 Å². The zero-order valence-electron chi connectivity index (χ0n) is 21.8. The Balaban J connectivity index is 1.47. The van der Waals surface area contributed by atoms with Gasteiger partial charge < -0.3 is 19.4 Å². The zero-order chi connectivity index (χ0) is 27.5. The number of allylic oxidation sites excluding steroid dienone is 1. The van der Waals surface area contributed by atoms with Gasteiger partial charge in [-0.1, -0.05) is 54.2 Å². The van der Waals surface area contributed by atoms with E-state index in [-0.39, 0.29) is 30.2 Å². The van der Waals surface area contributed by atoms with Crippen molar-refractivity contribution in [3.05, 3.63) is 98.2 Å². The molecule has 1 saturated heterocycles. The highest BCUT2D eigenvalue weighted by Crippen LogP contribution is 2.45. The third-order valence-electron chi connectivity index (χ3n) is 7.02. The molecule has 3 aliphatic heterocycles. The highest BCUT2D eigenvalue weighted by Gasteiger charge is 2.42. The van der Waals surface area contributed by atoms with Crippen molar-refractivity contribution in [3.8, 4) is 0 Å². The zero-order valence-corrected chi connectivity index (χ0v) is 22.6. The molecule has 1 atom stereocenters. The predicted molar refractivity (Wildman–Crippen MR) is 148 cm³/mol. The number of hydrogen-bond acceptors (Lipinski definition) is 9. The summed E-state index contributed by atoms with van der Waals surface area (Å²) in [6.07, 6.45) is 0.131. The number of amidine groups is 1. The number of piperazine rings is 1. The fourth-order valence-corrected chi connectivity index (χ4v) is 5.84. The van der Waals surface area contributed by atoms with E-state index in [1.54, 1.807) is 19.1 Å². The minimum Gasteiger partial charge on any atom is -0.457 e. The Labute approximate surface area is 230 Å². The number of ether oxygens (including phenoxy) is 1. The van der Waals surface area contributed by atoms with Crippen LogP contribution in [0.3, 0.4) is 0 Å². The number of likely N-dealkylation sites (N-methyl/N-ethyl adjacent to an activating group) is 1. The third kappa shape index (κ3) is 5.74. The van der Waals surface area contributed by atoms with Crippen LogP contribution in [0, 0.1) is 10.1 Å². The highest BCUT2D eigenvalue weighted by molar-refractivity contribution is 8.16. The van der Waals surface area contributed by atoms with Crippen molar-refractivity contribution in [1.29, 1.82) is 0 Å². The van der Waals surface area contributed by atoms with Crippen LogP contribution in [0.15, 0.2) is 82.0 Å². The molecule has 39 heavy (non-hydrogen) atoms. The van der Waals surface area contributed by atoms with Gasteiger partial charge in [0.05, 0.1) is 28.7 Å². The standard InChI is InChI=1S/C28H29N5O5S/c1-19-25(27(35)38-17-20-7-4-3-5-8-20)26(21-9-6-10-22(15-21)33(36)37)32-23(18-39-28(32)29-19)16-24(34)31-13-11-30(2)12-14-31/h3-10,15,18,26H,11-14,16-17H2,1-2H3. The molecule has 0 radical (unpaired) electrons. The highest BCUT2D eigenvalue weighted by atomic mass is 32.2. The van der Waals surface area contributed by atoms with Gasteiger partial charge in [0.1, 0.15) is 6.61 Å². The lowest BCUT2D eigenvalue weighted by Gasteiger charge is -2.37. The third-order valence-corrected chi connectivity index (χ3v) is 7.91. The first-order valence-corrected chi connectivity index (χ1v) is 13.6. The average Bonchev–Trinajstić information content (AvgIpc) is 3.33. The number of rotatable bonds is 7. The van der Waals surface area contributed by atoms with E-state index in [4.69, 9.17) is 4.74 Å². The molecule has 0 saturated carbocycles. The van der Waals surface area contributed by atoms with Gasteiger partial charge in [-0.25, -0.2) is 9.79 Å². The van der Waals surface area contributed by atoms with Crippen LogP contribution < -0.4 is 0 Å². The maximum Gasteiger partial charge on any atom is 0.338 e. The molecular formula is C28H29N5O5S. The van der Waals surface area contributed by atoms with Gasteiger partial charge in [-0.3, -0.25) is 14.9 Å². The molecule has 1 unspecified atom stereocenters. The molecule has 3 heterocycles. The Hall–Kier alpha value is -3.96. The number of amides is 1. The monoisotopic (exact) mass is 547 g/mol. The van der Waals surface area contributed by atoms with Crippen LogP contribution in [0.4, 0.5) is 5.69 Å². The van der Waals surface area contributed by atoms with Crippen molar-refractivity contribution in [2.45, 2.75) is 26.0 Å². The number of nitrogens with zero attached hydrogens (tertiary/aromatic N) is 5. The number of non-ortho nitro benzene ring substituents is 1. The lowest BCUT2D eigenvalue weighted by Crippen LogP contribution is -2.47. The van der Waals surface area contributed by atoms with Gasteiger partial charge in [0, 0.05) is 44.0 Å². The van der Waals surface area contributed by atoms with Crippen LogP contribution in [0.5, 0.6) is 0 Å². The van der Waals surface area contributed by atoms with E-state index in [0.717, 1.165) is 18.7 Å². The van der Waals surface area contributed by atoms with Gasteiger partial charge in [0.2, 0.25) is 5.91 Å². The molecular weight excluding hydrogens is 518 g/mol. The number of aliphatic imine (C=N–C) groups is 1. The molecule has 0 spiro atoms. The fraction of sp³-hybridized carbons (Fsp3) is 0.321. The number of nitro benzene ring substituents is 1. The molecule has 2 aromatic carbocycles. The van der Waals surface area contributed by atoms with Crippen molar-refractivity contribution in [1.82, 2.24) is 14.7 Å². The molecule has 10 nitrogen and oxygen atoms in total. The van der Waals surface area contributed by atoms with Crippen LogP contribution in [0.2, 0.25) is 0 Å². The number of fused-ring (bicyclic) bond motifs is 1. The first-order chi connectivity index (χ1) is 18.8. The number of carbonyl (C=O) groups excluding carboxylic acids is 2. The second-order valence-corrected chi connectivity index (χ2v) is 10.5. The summed E-state index contributed by atoms with van der Waals surface area (Å²) in [5.41, 5.74) is 2.75. The first kappa shape index (κ1) is 26.6. The lowest BCUT2D eigenvalue weighted by molar-refractivity contribution is -0.384. The van der Waals surface area contributed by atoms with Crippen LogP contribution in [-0.2, 0) is 20.9 Å². The molecule has 5 rings (SSSR count). The van der Waals surface area contributed by atoms with E-state index in [2.05, 4.69) is 9.89 Å². The summed E-state index contributed by atoms with van der Waals surface area (Å²) in [7, 11) is 2.03. The Morgan fingerprint density at radius 1 is 1.10 bits per heavy atom. The Bertz CT molecular complexity index is 1380. The molecule has 0 aromatic heterocycles. The molecule has 11 heteroatoms. The van der Waals surface area contributed by atoms with Crippen LogP contribution in [0.25, 0.3) is 0 Å². The summed E-state index contributed by atoms with van der Waals surface area (Å²) in [4.78, 5) is 48.5. The minimum absolute atomic E-state index is 0.00605. The van der Waals surface area contributed by atoms with E-state index in [0.29, 0.717) is 35.2 Å². The van der Waals surface area contributed by atoms with E-state index < -0.39 is 16.9 Å². The Morgan fingerprint density at radius 2 is 1.85 bits per heavy atom. The molecule has 2 aromatic rings. The molecule has 0 aliphatic carbocycles. The average molecular weight is 548 g/mol. The molecule has 1 fully saturated rings. The summed E-state index contributed by atoms with van der Waals surface area (Å²) in [5, 5.41) is 14.1. The van der Waals surface area contributed by atoms with Crippen molar-refractivity contribution in [2.24, 2.45) is 4.99 Å². The van der Waals surface area contributed by atoms with E-state index >= 15 is 0 Å². The number of thioether (sulfide) groups is 1. The quantitative estimate of drug-likeness (QED) is 0.290. The van der Waals surface area contributed by atoms with Crippen LogP contribution >= 0.6 is 11.8 Å². The molecule has 0 N–H and O–H groups in total. The number of nitro groups is 1. The van der Waals surface area contributed by atoms with Crippen molar-refractivity contribution in [2.75, 3.05) is 33.2 Å². The lowest BCUT2D eigenvalue weighted by atomic mass is 9.93. The normalized spacial score (nSPS) is 19.4. The number of hydrogen-bond donors (Lipinski definition) is 0. The van der Waals surface area contributed by atoms with Gasteiger partial charge >= 0.3 is 5.97 Å². The summed E-state index contributed by atoms with van der Waals surface area (Å²) in [6.45, 7) is 4.75. The van der Waals surface area contributed by atoms with Gasteiger partial charge in [0.25, 0.3) is 5.69 Å². The van der Waals surface area contributed by atoms with E-state index in [1.807, 2.05) is 52.6 Å². The van der Waals surface area contributed by atoms with Crippen LogP contribution in [-0.4, -0.2) is 69.9 Å². The molecule has 202 valence electrons. The number of benzene rings is 2. The second-order valence-electron chi connectivity index (χ2n) is 9.67. The van der Waals surface area contributed by atoms with Gasteiger partial charge in [-0.05, 0) is 30.5 Å². The Morgan fingerprint density at radius 3 is 2.56 bits per heavy atom. The van der Waals surface area contributed by atoms with Crippen molar-refractivity contribution < 1.29 is 19.2 Å². The summed E-state index contributed by atoms with van der Waals surface area (Å²) in [6, 6.07) is 14.9. The fourth-order valence-electron chi connectivity index (χ4n) is 4.88. The molecule has 0 bridgehead atoms. The summed E-state index contributed by atoms with van der Waals surface area (Å²) in [5.74, 6) is -0.564. The van der Waals surface area contributed by atoms with Crippen molar-refractivity contribution in [3.63, 3.8) is 0 Å². The second kappa shape index (κ2) is 11.4. The molecule has 3 aliphatic rings. The van der Waals surface area contributed by atoms with Gasteiger partial charge in [-0.15, -0.1) is 0 Å². The van der Waals surface area contributed by atoms with Gasteiger partial charge in [-0.2, -0.15) is 0 Å². The largest absolute Gasteiger partial charge is 0.457 e. The smallest absolute Gasteiger partial charge is 0.338 e. The number of esters is 1. The SMILES string of the molecule is CC1=C(C(=O)OCc2ccccc2)C(c2cccc([N+](=O)[O-])c2)N2C(CC(=O)N3CCN(C)CC3)=CSC2=N1. The van der Waals surface area contributed by atoms with Crippen molar-refractivity contribution >= 4 is 34.5 Å². The molecule has 1 amide bonds. The number of carbonyl (C=O) groups is 2. The Kier molecular flexibility index (Phi) is 7.80. The van der Waals surface area contributed by atoms with Crippen LogP contribution in [0.1, 0.15) is 30.5 Å². The maximum absolute atomic E-state index is 13.6. The summed E-state index contributed by atoms with van der Waals surface area (Å²) >= 11 is 1.37. The van der Waals surface area contributed by atoms with Gasteiger partial charge in [0.15, 0.2) is 5.17 Å². The van der Waals surface area contributed by atoms with E-state index in [1.165, 1.54) is 23.9 Å². The first-order valence-electron chi connectivity index (χ1n) is 12.7. The minimum atomic E-state index is -0.734. The maximum atomic E-state index is 13.6.